The molecule has 4 heterocycles. The molecule has 0 radical (unpaired) electrons. The van der Waals surface area contributed by atoms with Gasteiger partial charge in [-0.3, -0.25) is 50.7 Å². The van der Waals surface area contributed by atoms with Crippen molar-refractivity contribution in [2.45, 2.75) is 0 Å². The molecule has 26 heteroatoms. The van der Waals surface area contributed by atoms with Crippen molar-refractivity contribution >= 4 is 79.9 Å². The van der Waals surface area contributed by atoms with Crippen LogP contribution in [0.4, 0.5) is 55.3 Å². The molecule has 0 unspecified atom stereocenters. The third-order valence-corrected chi connectivity index (χ3v) is 10.7. The molecule has 346 valence electrons. The van der Waals surface area contributed by atoms with Crippen LogP contribution in [0.1, 0.15) is 0 Å². The van der Waals surface area contributed by atoms with Gasteiger partial charge in [-0.1, -0.05) is 24.3 Å². The summed E-state index contributed by atoms with van der Waals surface area (Å²) in [5, 5.41) is 47.4. The van der Waals surface area contributed by atoms with Crippen LogP contribution in [0.5, 0.6) is 11.8 Å². The number of carbonyl (C=O) groups excluding carboxylic acids is 2. The average molecular weight is 921 g/mol. The molecule has 1 N–H and O–H groups in total. The van der Waals surface area contributed by atoms with E-state index >= 15 is 0 Å². The Kier molecular flexibility index (Phi) is 13.5. The van der Waals surface area contributed by atoms with E-state index in [2.05, 4.69) is 25.3 Å². The summed E-state index contributed by atoms with van der Waals surface area (Å²) in [5.41, 5.74) is 1.79. The van der Waals surface area contributed by atoms with Crippen molar-refractivity contribution in [2.24, 2.45) is 0 Å². The zero-order valence-electron chi connectivity index (χ0n) is 36.0. The summed E-state index contributed by atoms with van der Waals surface area (Å²) in [4.78, 5) is 93.7. The van der Waals surface area contributed by atoms with E-state index in [0.717, 1.165) is 12.1 Å². The molecule has 2 aliphatic rings. The number of para-hydroxylation sites is 4. The second kappa shape index (κ2) is 19.7. The lowest BCUT2D eigenvalue weighted by molar-refractivity contribution is -0.394. The number of carbonyl (C=O) groups is 2. The number of non-ortho nitro benzene ring substituents is 4. The number of amides is 4. The Balaban J connectivity index is 0.000000199. The fraction of sp³-hybridized carbons (Fsp3) is 0.268. The zero-order valence-corrected chi connectivity index (χ0v) is 36.0. The highest BCUT2D eigenvalue weighted by Crippen LogP contribution is 2.32. The van der Waals surface area contributed by atoms with Crippen molar-refractivity contribution < 1.29 is 38.8 Å². The van der Waals surface area contributed by atoms with E-state index < -0.39 is 25.7 Å². The Hall–Kier alpha value is -9.10. The van der Waals surface area contributed by atoms with E-state index in [9.17, 15) is 50.0 Å². The van der Waals surface area contributed by atoms with Crippen molar-refractivity contribution in [3.05, 3.63) is 125 Å². The summed E-state index contributed by atoms with van der Waals surface area (Å²) in [6.45, 7) is 2.58. The number of aromatic nitrogens is 4. The number of anilines is 4. The first-order valence-corrected chi connectivity index (χ1v) is 20.2. The monoisotopic (exact) mass is 920 g/mol. The van der Waals surface area contributed by atoms with Gasteiger partial charge in [0.25, 0.3) is 34.5 Å². The zero-order chi connectivity index (χ0) is 47.9. The molecule has 2 aromatic heterocycles. The van der Waals surface area contributed by atoms with Gasteiger partial charge in [0.15, 0.2) is 5.82 Å². The predicted octanol–water partition coefficient (Wildman–Crippen LogP) is 5.64. The second-order valence-corrected chi connectivity index (χ2v) is 14.8. The Morgan fingerprint density at radius 1 is 0.552 bits per heavy atom. The van der Waals surface area contributed by atoms with Crippen molar-refractivity contribution in [3.8, 4) is 11.8 Å². The van der Waals surface area contributed by atoms with Gasteiger partial charge in [0.05, 0.1) is 79.5 Å². The van der Waals surface area contributed by atoms with Crippen LogP contribution >= 0.6 is 0 Å². The first kappa shape index (κ1) is 45.9. The number of fused-ring (bicyclic) bond motifs is 2. The Morgan fingerprint density at radius 2 is 0.925 bits per heavy atom. The van der Waals surface area contributed by atoms with Crippen molar-refractivity contribution in [1.82, 2.24) is 29.7 Å². The van der Waals surface area contributed by atoms with Crippen molar-refractivity contribution in [2.75, 3.05) is 93.6 Å². The molecule has 8 rings (SSSR count). The summed E-state index contributed by atoms with van der Waals surface area (Å²) >= 11 is 0. The number of nitro groups is 4. The van der Waals surface area contributed by atoms with E-state index in [0.29, 0.717) is 85.8 Å². The molecule has 6 aromatic rings. The van der Waals surface area contributed by atoms with Gasteiger partial charge in [-0.05, 0) is 24.3 Å². The number of benzene rings is 4. The number of nitrogens with one attached hydrogen (secondary N) is 1. The molecule has 4 aromatic carbocycles. The summed E-state index contributed by atoms with van der Waals surface area (Å²) in [5.74, 6) is 0.877. The summed E-state index contributed by atoms with van der Waals surface area (Å²) in [6, 6.07) is 20.8. The number of urea groups is 2. The fourth-order valence-electron chi connectivity index (χ4n) is 7.29. The van der Waals surface area contributed by atoms with Crippen LogP contribution in [0, 0.1) is 40.5 Å². The van der Waals surface area contributed by atoms with Crippen LogP contribution in [0.3, 0.4) is 0 Å². The molecular formula is C41H40N14O12. The van der Waals surface area contributed by atoms with Crippen molar-refractivity contribution in [3.63, 3.8) is 0 Å². The molecule has 26 nitrogen and oxygen atoms in total. The number of ether oxygens (including phenoxy) is 2. The van der Waals surface area contributed by atoms with Gasteiger partial charge in [0.1, 0.15) is 0 Å². The minimum absolute atomic E-state index is 0.185. The summed E-state index contributed by atoms with van der Waals surface area (Å²) < 4.78 is 10.6. The molecule has 2 fully saturated rings. The number of nitro benzene ring substituents is 4. The highest BCUT2D eigenvalue weighted by atomic mass is 16.6. The largest absolute Gasteiger partial charge is 0.478 e. The van der Waals surface area contributed by atoms with Crippen molar-refractivity contribution in [1.29, 1.82) is 0 Å². The van der Waals surface area contributed by atoms with E-state index in [1.54, 1.807) is 50.9 Å². The van der Waals surface area contributed by atoms with E-state index in [1.807, 2.05) is 24.3 Å². The minimum Gasteiger partial charge on any atom is -0.478 e. The quantitative estimate of drug-likeness (QED) is 0.128. The van der Waals surface area contributed by atoms with Gasteiger partial charge in [-0.2, -0.15) is 0 Å². The minimum atomic E-state index is -0.668. The average Bonchev–Trinajstić information content (AvgIpc) is 3.35. The molecule has 2 aliphatic heterocycles. The molecule has 0 atom stereocenters. The maximum Gasteiger partial charge on any atom is 0.325 e. The van der Waals surface area contributed by atoms with E-state index in [4.69, 9.17) is 9.47 Å². The molecule has 4 amide bonds. The smallest absolute Gasteiger partial charge is 0.325 e. The Bertz CT molecular complexity index is 2840. The van der Waals surface area contributed by atoms with E-state index in [1.165, 1.54) is 43.4 Å². The number of hydrogen-bond donors (Lipinski definition) is 1. The number of piperazine rings is 2. The summed E-state index contributed by atoms with van der Waals surface area (Å²) in [6.07, 6.45) is 0. The topological polar surface area (TPSA) is 305 Å². The van der Waals surface area contributed by atoms with Gasteiger partial charge in [-0.25, -0.2) is 29.5 Å². The molecule has 2 saturated heterocycles. The van der Waals surface area contributed by atoms with Gasteiger partial charge < -0.3 is 29.1 Å². The third kappa shape index (κ3) is 10.3. The molecule has 0 saturated carbocycles. The maximum absolute atomic E-state index is 13.2. The first-order chi connectivity index (χ1) is 32.1. The third-order valence-electron chi connectivity index (χ3n) is 10.7. The standard InChI is InChI=1S/C21H21N7O6.C20H19N7O6/c1-24(19-20(34-2)23-18-6-4-3-5-17(18)22-19)21(29)26-9-7-25(8-10-26)14-11-15(27(30)31)13-16(12-14)28(32)33;1-33-19-18(21-16-4-2-3-5-17(16)22-19)23-20(28)25-8-6-24(7-9-25)13-10-14(26(29)30)12-15(11-13)27(31)32/h3-6,11-13H,7-10H2,1-2H3;2-5,10-12H,6-9H2,1H3,(H,21,23,28). The lowest BCUT2D eigenvalue weighted by atomic mass is 10.2. The molecule has 67 heavy (non-hydrogen) atoms. The number of rotatable bonds is 10. The lowest BCUT2D eigenvalue weighted by Gasteiger charge is -2.37. The van der Waals surface area contributed by atoms with Gasteiger partial charge in [-0.15, -0.1) is 0 Å². The highest BCUT2D eigenvalue weighted by molar-refractivity contribution is 5.93. The van der Waals surface area contributed by atoms with Gasteiger partial charge >= 0.3 is 12.1 Å². The Morgan fingerprint density at radius 3 is 1.33 bits per heavy atom. The van der Waals surface area contributed by atoms with Crippen LogP contribution in [-0.2, 0) is 0 Å². The Labute approximate surface area is 378 Å². The number of nitrogens with zero attached hydrogens (tertiary/aromatic N) is 13. The lowest BCUT2D eigenvalue weighted by Crippen LogP contribution is -2.52. The van der Waals surface area contributed by atoms with Crippen LogP contribution in [0.2, 0.25) is 0 Å². The molecule has 0 aliphatic carbocycles. The van der Waals surface area contributed by atoms with E-state index in [-0.39, 0.29) is 52.2 Å². The van der Waals surface area contributed by atoms with Gasteiger partial charge in [0.2, 0.25) is 5.82 Å². The molecule has 0 bridgehead atoms. The number of methoxy groups -OCH3 is 2. The molecular weight excluding hydrogens is 881 g/mol. The highest BCUT2D eigenvalue weighted by Gasteiger charge is 2.30. The predicted molar refractivity (Wildman–Crippen MR) is 242 cm³/mol. The van der Waals surface area contributed by atoms with Crippen LogP contribution in [0.15, 0.2) is 84.9 Å². The molecule has 0 spiro atoms. The van der Waals surface area contributed by atoms with Crippen LogP contribution in [0.25, 0.3) is 22.1 Å². The second-order valence-electron chi connectivity index (χ2n) is 14.8. The van der Waals surface area contributed by atoms with Gasteiger partial charge in [0, 0.05) is 83.7 Å². The maximum atomic E-state index is 13.2. The van der Waals surface area contributed by atoms with Crippen LogP contribution < -0.4 is 29.5 Å². The summed E-state index contributed by atoms with van der Waals surface area (Å²) in [7, 11) is 4.48. The SMILES string of the molecule is COc1nc2ccccc2nc1N(C)C(=O)N1CCN(c2cc([N+](=O)[O-])cc([N+](=O)[O-])c2)CC1.COc1nc2ccccc2nc1NC(=O)N1CCN(c2cc([N+](=O)[O-])cc([N+](=O)[O-])c2)CC1. The normalized spacial score (nSPS) is 13.6. The number of hydrogen-bond acceptors (Lipinski definition) is 18. The first-order valence-electron chi connectivity index (χ1n) is 20.2. The van der Waals surface area contributed by atoms with Crippen LogP contribution in [-0.4, -0.2) is 135 Å². The fourth-order valence-corrected chi connectivity index (χ4v) is 7.29.